The van der Waals surface area contributed by atoms with Crippen molar-refractivity contribution in [3.8, 4) is 0 Å². The van der Waals surface area contributed by atoms with E-state index < -0.39 is 28.8 Å². The van der Waals surface area contributed by atoms with Crippen molar-refractivity contribution in [2.24, 2.45) is 0 Å². The van der Waals surface area contributed by atoms with E-state index in [4.69, 9.17) is 0 Å². The Bertz CT molecular complexity index is 370. The summed E-state index contributed by atoms with van der Waals surface area (Å²) in [5, 5.41) is 0. The van der Waals surface area contributed by atoms with Gasteiger partial charge in [0.2, 0.25) is 0 Å². The van der Waals surface area contributed by atoms with Crippen LogP contribution < -0.4 is 4.72 Å². The number of alkyl halides is 1. The van der Waals surface area contributed by atoms with Crippen molar-refractivity contribution in [1.29, 1.82) is 0 Å². The van der Waals surface area contributed by atoms with Crippen LogP contribution in [0.5, 0.6) is 0 Å². The van der Waals surface area contributed by atoms with Crippen molar-refractivity contribution < 1.29 is 8.94 Å². The predicted molar refractivity (Wildman–Crippen MR) is 73.9 cm³/mol. The van der Waals surface area contributed by atoms with Gasteiger partial charge in [-0.3, -0.25) is 0 Å². The lowest BCUT2D eigenvalue weighted by Crippen LogP contribution is -2.41. The van der Waals surface area contributed by atoms with E-state index in [1.54, 1.807) is 0 Å². The first-order chi connectivity index (χ1) is 7.84. The molecule has 0 spiro atoms. The van der Waals surface area contributed by atoms with E-state index in [-0.39, 0.29) is 0 Å². The SMILES string of the molecule is CC(C)(C)[S@+]([O-])N[C@H](CF)c1cccc(Br)c1. The summed E-state index contributed by atoms with van der Waals surface area (Å²) in [5.74, 6) is 0. The zero-order valence-electron chi connectivity index (χ0n) is 10.2. The maximum atomic E-state index is 13.0. The molecule has 0 bridgehead atoms. The quantitative estimate of drug-likeness (QED) is 0.861. The number of halogens is 2. The third kappa shape index (κ3) is 4.58. The normalized spacial score (nSPS) is 15.6. The summed E-state index contributed by atoms with van der Waals surface area (Å²) in [6.07, 6.45) is 0. The van der Waals surface area contributed by atoms with Crippen molar-refractivity contribution in [3.05, 3.63) is 34.3 Å². The van der Waals surface area contributed by atoms with Gasteiger partial charge in [-0.25, -0.2) is 4.39 Å². The van der Waals surface area contributed by atoms with Crippen LogP contribution in [0, 0.1) is 0 Å². The fourth-order valence-corrected chi connectivity index (χ4v) is 2.45. The molecule has 0 aromatic heterocycles. The molecule has 17 heavy (non-hydrogen) atoms. The number of hydrogen-bond donors (Lipinski definition) is 1. The van der Waals surface area contributed by atoms with Gasteiger partial charge in [0.05, 0.1) is 0 Å². The first kappa shape index (κ1) is 15.0. The molecule has 0 aliphatic rings. The minimum Gasteiger partial charge on any atom is -0.598 e. The van der Waals surface area contributed by atoms with E-state index in [2.05, 4.69) is 20.7 Å². The first-order valence-electron chi connectivity index (χ1n) is 5.34. The van der Waals surface area contributed by atoms with Gasteiger partial charge in [-0.2, -0.15) is 0 Å². The molecule has 5 heteroatoms. The molecule has 1 rings (SSSR count). The molecule has 0 fully saturated rings. The third-order valence-corrected chi connectivity index (χ3v) is 4.32. The van der Waals surface area contributed by atoms with Crippen LogP contribution in [0.4, 0.5) is 4.39 Å². The van der Waals surface area contributed by atoms with Gasteiger partial charge in [0.1, 0.15) is 17.5 Å². The molecular weight excluding hydrogens is 305 g/mol. The topological polar surface area (TPSA) is 35.1 Å². The van der Waals surface area contributed by atoms with Crippen molar-refractivity contribution in [3.63, 3.8) is 0 Å². The highest BCUT2D eigenvalue weighted by Crippen LogP contribution is 2.22. The second-order valence-corrected chi connectivity index (χ2v) is 7.67. The van der Waals surface area contributed by atoms with Crippen LogP contribution in [0.25, 0.3) is 0 Å². The maximum Gasteiger partial charge on any atom is 0.136 e. The van der Waals surface area contributed by atoms with Crippen LogP contribution in [0.2, 0.25) is 0 Å². The molecule has 0 aliphatic heterocycles. The lowest BCUT2D eigenvalue weighted by molar-refractivity contribution is 0.410. The average Bonchev–Trinajstić information content (AvgIpc) is 2.24. The summed E-state index contributed by atoms with van der Waals surface area (Å²) in [5.41, 5.74) is 0.791. The van der Waals surface area contributed by atoms with Gasteiger partial charge in [-0.05, 0) is 38.5 Å². The van der Waals surface area contributed by atoms with Gasteiger partial charge in [-0.1, -0.05) is 28.1 Å². The molecule has 1 aromatic rings. The second-order valence-electron chi connectivity index (χ2n) is 4.76. The van der Waals surface area contributed by atoms with E-state index in [0.29, 0.717) is 0 Å². The Morgan fingerprint density at radius 1 is 1.47 bits per heavy atom. The molecule has 1 aromatic carbocycles. The molecule has 2 nitrogen and oxygen atoms in total. The van der Waals surface area contributed by atoms with Crippen LogP contribution >= 0.6 is 15.9 Å². The monoisotopic (exact) mass is 321 g/mol. The highest BCUT2D eigenvalue weighted by atomic mass is 79.9. The smallest absolute Gasteiger partial charge is 0.136 e. The Kier molecular flexibility index (Phi) is 5.44. The van der Waals surface area contributed by atoms with E-state index in [9.17, 15) is 8.94 Å². The zero-order valence-corrected chi connectivity index (χ0v) is 12.6. The number of nitrogens with one attached hydrogen (secondary N) is 1. The summed E-state index contributed by atoms with van der Waals surface area (Å²) in [6.45, 7) is 4.98. The lowest BCUT2D eigenvalue weighted by Gasteiger charge is -2.27. The molecule has 0 radical (unpaired) electrons. The Morgan fingerprint density at radius 2 is 2.12 bits per heavy atom. The molecule has 0 aliphatic carbocycles. The van der Waals surface area contributed by atoms with Crippen molar-refractivity contribution >= 4 is 27.3 Å². The number of hydrogen-bond acceptors (Lipinski definition) is 2. The Labute approximate surface area is 113 Å². The molecule has 0 amide bonds. The Hall–Kier alpha value is -0.100. The molecule has 0 saturated carbocycles. The van der Waals surface area contributed by atoms with Crippen LogP contribution in [0.15, 0.2) is 28.7 Å². The Balaban J connectivity index is 2.79. The minimum absolute atomic E-state index is 0.403. The van der Waals surface area contributed by atoms with Crippen LogP contribution in [0.1, 0.15) is 32.4 Å². The van der Waals surface area contributed by atoms with E-state index in [0.717, 1.165) is 10.0 Å². The molecular formula is C12H17BrFNOS. The Morgan fingerprint density at radius 3 is 2.59 bits per heavy atom. The van der Waals surface area contributed by atoms with Gasteiger partial charge < -0.3 is 4.55 Å². The van der Waals surface area contributed by atoms with Gasteiger partial charge in [-0.15, -0.1) is 4.72 Å². The molecule has 1 N–H and O–H groups in total. The number of benzene rings is 1. The van der Waals surface area contributed by atoms with Gasteiger partial charge in [0.25, 0.3) is 0 Å². The van der Waals surface area contributed by atoms with E-state index in [1.165, 1.54) is 0 Å². The van der Waals surface area contributed by atoms with Crippen LogP contribution in [-0.2, 0) is 11.4 Å². The first-order valence-corrected chi connectivity index (χ1v) is 7.28. The van der Waals surface area contributed by atoms with Gasteiger partial charge >= 0.3 is 0 Å². The molecule has 2 atom stereocenters. The summed E-state index contributed by atoms with van der Waals surface area (Å²) in [6, 6.07) is 6.83. The summed E-state index contributed by atoms with van der Waals surface area (Å²) < 4.78 is 28.2. The van der Waals surface area contributed by atoms with Crippen LogP contribution in [0.3, 0.4) is 0 Å². The third-order valence-electron chi connectivity index (χ3n) is 2.21. The van der Waals surface area contributed by atoms with Crippen LogP contribution in [-0.4, -0.2) is 16.0 Å². The van der Waals surface area contributed by atoms with Crippen molar-refractivity contribution in [2.75, 3.05) is 6.67 Å². The fourth-order valence-electron chi connectivity index (χ4n) is 1.22. The molecule has 0 saturated heterocycles. The maximum absolute atomic E-state index is 13.0. The predicted octanol–water partition coefficient (Wildman–Crippen LogP) is 3.51. The standard InChI is InChI=1S/C12H17BrFNOS/c1-12(2,3)17(16)15-11(8-14)9-5-4-6-10(13)7-9/h4-7,11,15H,8H2,1-3H3/t11-,17+/m1/s1. The fraction of sp³-hybridized carbons (Fsp3) is 0.500. The van der Waals surface area contributed by atoms with Gasteiger partial charge in [0, 0.05) is 15.8 Å². The van der Waals surface area contributed by atoms with E-state index in [1.807, 2.05) is 45.0 Å². The van der Waals surface area contributed by atoms with Crippen molar-refractivity contribution in [2.45, 2.75) is 31.6 Å². The average molecular weight is 322 g/mol. The highest BCUT2D eigenvalue weighted by Gasteiger charge is 2.29. The summed E-state index contributed by atoms with van der Waals surface area (Å²) in [7, 11) is 0. The lowest BCUT2D eigenvalue weighted by atomic mass is 10.1. The minimum atomic E-state index is -1.28. The number of rotatable bonds is 4. The van der Waals surface area contributed by atoms with Gasteiger partial charge in [0.15, 0.2) is 0 Å². The second kappa shape index (κ2) is 6.18. The summed E-state index contributed by atoms with van der Waals surface area (Å²) in [4.78, 5) is 0. The molecule has 0 heterocycles. The highest BCUT2D eigenvalue weighted by molar-refractivity contribution is 9.10. The zero-order chi connectivity index (χ0) is 13.1. The van der Waals surface area contributed by atoms with E-state index >= 15 is 0 Å². The molecule has 0 unspecified atom stereocenters. The van der Waals surface area contributed by atoms with Crippen molar-refractivity contribution in [1.82, 2.24) is 4.72 Å². The summed E-state index contributed by atoms with van der Waals surface area (Å²) >= 11 is 2.06. The molecule has 96 valence electrons. The largest absolute Gasteiger partial charge is 0.598 e.